The molecule has 1 aliphatic heterocycles. The average Bonchev–Trinajstić information content (AvgIpc) is 2.90. The van der Waals surface area contributed by atoms with Crippen LogP contribution in [0.1, 0.15) is 90.0 Å². The van der Waals surface area contributed by atoms with Crippen molar-refractivity contribution >= 4 is 40.8 Å². The third-order valence-corrected chi connectivity index (χ3v) is 6.33. The molecule has 0 fully saturated rings. The second-order valence-electron chi connectivity index (χ2n) is 8.86. The van der Waals surface area contributed by atoms with Crippen LogP contribution in [0.25, 0.3) is 11.3 Å². The molecule has 0 saturated carbocycles. The minimum atomic E-state index is -1.33. The van der Waals surface area contributed by atoms with Gasteiger partial charge in [-0.05, 0) is 54.4 Å². The van der Waals surface area contributed by atoms with Crippen LogP contribution >= 0.6 is 23.2 Å². The number of rotatable bonds is 4. The van der Waals surface area contributed by atoms with Crippen LogP contribution in [0.2, 0.25) is 10.0 Å². The molecule has 1 amide bonds. The van der Waals surface area contributed by atoms with Gasteiger partial charge < -0.3 is 5.32 Å². The number of carbonyl (C=O) groups is 2. The van der Waals surface area contributed by atoms with Crippen molar-refractivity contribution in [3.8, 4) is 11.3 Å². The van der Waals surface area contributed by atoms with Gasteiger partial charge in [-0.3, -0.25) is 14.6 Å². The first kappa shape index (κ1) is 34.2. The van der Waals surface area contributed by atoms with E-state index in [1.807, 2.05) is 19.1 Å². The number of aryl methyl sites for hydroxylation is 1. The molecule has 1 aromatic heterocycles. The Hall–Kier alpha value is -2.83. The zero-order chi connectivity index (χ0) is 29.5. The zero-order valence-corrected chi connectivity index (χ0v) is 25.0. The second kappa shape index (κ2) is 17.7. The molecule has 8 heteroatoms. The van der Waals surface area contributed by atoms with E-state index in [0.29, 0.717) is 38.2 Å². The van der Waals surface area contributed by atoms with E-state index < -0.39 is 17.8 Å². The van der Waals surface area contributed by atoms with Gasteiger partial charge in [-0.25, -0.2) is 4.39 Å². The van der Waals surface area contributed by atoms with Crippen LogP contribution in [0.3, 0.4) is 0 Å². The van der Waals surface area contributed by atoms with Crippen molar-refractivity contribution in [1.29, 1.82) is 0 Å². The number of hydrogen-bond acceptors (Lipinski definition) is 3. The molecule has 1 N–H and O–H groups in total. The van der Waals surface area contributed by atoms with E-state index in [2.05, 4.69) is 33.0 Å². The summed E-state index contributed by atoms with van der Waals surface area (Å²) in [6.45, 7) is 11.6. The van der Waals surface area contributed by atoms with Crippen molar-refractivity contribution < 1.29 is 18.4 Å². The lowest BCUT2D eigenvalue weighted by Crippen LogP contribution is -2.26. The fraction of sp³-hybridized carbons (Fsp3) is 0.387. The van der Waals surface area contributed by atoms with Crippen molar-refractivity contribution in [2.24, 2.45) is 0 Å². The third kappa shape index (κ3) is 10.7. The van der Waals surface area contributed by atoms with E-state index in [1.54, 1.807) is 24.3 Å². The van der Waals surface area contributed by atoms with Crippen LogP contribution in [0.15, 0.2) is 48.5 Å². The number of nitrogens with zero attached hydrogens (tertiary/aromatic N) is 1. The first-order valence-corrected chi connectivity index (χ1v) is 14.0. The number of pyridine rings is 1. The largest absolute Gasteiger partial charge is 0.324 e. The number of halogens is 4. The lowest BCUT2D eigenvalue weighted by Gasteiger charge is -2.24. The summed E-state index contributed by atoms with van der Waals surface area (Å²) in [6.07, 6.45) is 6.05. The van der Waals surface area contributed by atoms with Gasteiger partial charge in [0.25, 0.3) is 6.04 Å². The summed E-state index contributed by atoms with van der Waals surface area (Å²) in [5.41, 5.74) is 3.79. The molecule has 0 aliphatic carbocycles. The van der Waals surface area contributed by atoms with E-state index in [-0.39, 0.29) is 5.91 Å². The summed E-state index contributed by atoms with van der Waals surface area (Å²) in [5.74, 6) is -1.59. The highest BCUT2D eigenvalue weighted by atomic mass is 35.5. The van der Waals surface area contributed by atoms with E-state index in [0.717, 1.165) is 18.9 Å². The molecule has 2 heterocycles. The lowest BCUT2D eigenvalue weighted by molar-refractivity contribution is -0.126. The van der Waals surface area contributed by atoms with Gasteiger partial charge in [0.15, 0.2) is 0 Å². The van der Waals surface area contributed by atoms with E-state index in [4.69, 9.17) is 33.0 Å². The molecular formula is C31H38Cl2F2N2O2. The van der Waals surface area contributed by atoms with Gasteiger partial charge in [-0.2, -0.15) is 4.39 Å². The number of hydrogen-bond donors (Lipinski definition) is 1. The van der Waals surface area contributed by atoms with Crippen molar-refractivity contribution in [2.75, 3.05) is 5.32 Å². The zero-order valence-electron chi connectivity index (χ0n) is 23.5. The first-order chi connectivity index (χ1) is 18.5. The Balaban J connectivity index is 0.000000538. The Morgan fingerprint density at radius 3 is 1.95 bits per heavy atom. The number of anilines is 1. The maximum absolute atomic E-state index is 13.8. The van der Waals surface area contributed by atoms with E-state index in [9.17, 15) is 13.6 Å². The number of amides is 1. The molecule has 1 atom stereocenters. The number of fused-ring (bicyclic) bond motifs is 4. The van der Waals surface area contributed by atoms with E-state index >= 15 is 0 Å². The Labute approximate surface area is 241 Å². The Morgan fingerprint density at radius 2 is 1.46 bits per heavy atom. The Morgan fingerprint density at radius 1 is 0.923 bits per heavy atom. The predicted molar refractivity (Wildman–Crippen MR) is 159 cm³/mol. The summed E-state index contributed by atoms with van der Waals surface area (Å²) < 4.78 is 24.2. The summed E-state index contributed by atoms with van der Waals surface area (Å²) in [7, 11) is 0. The summed E-state index contributed by atoms with van der Waals surface area (Å²) >= 11 is 12.8. The van der Waals surface area contributed by atoms with Crippen molar-refractivity contribution in [1.82, 2.24) is 4.98 Å². The van der Waals surface area contributed by atoms with E-state index in [1.165, 1.54) is 37.8 Å². The molecule has 3 aromatic rings. The van der Waals surface area contributed by atoms with Gasteiger partial charge in [-0.1, -0.05) is 89.6 Å². The lowest BCUT2D eigenvalue weighted by atomic mass is 9.90. The van der Waals surface area contributed by atoms with Crippen molar-refractivity contribution in [3.05, 3.63) is 81.2 Å². The maximum atomic E-state index is 13.8. The number of unbranched alkanes of at least 4 members (excludes halogenated alkanes) is 2. The average molecular weight is 580 g/mol. The highest BCUT2D eigenvalue weighted by Gasteiger charge is 2.31. The van der Waals surface area contributed by atoms with Gasteiger partial charge in [0.2, 0.25) is 5.91 Å². The minimum absolute atomic E-state index is 0.358. The van der Waals surface area contributed by atoms with Gasteiger partial charge in [-0.15, -0.1) is 0 Å². The van der Waals surface area contributed by atoms with Crippen LogP contribution in [-0.4, -0.2) is 16.9 Å². The van der Waals surface area contributed by atoms with Gasteiger partial charge in [0, 0.05) is 28.1 Å². The Kier molecular flexibility index (Phi) is 15.5. The number of benzene rings is 2. The normalized spacial score (nSPS) is 13.0. The summed E-state index contributed by atoms with van der Waals surface area (Å²) in [6, 6.07) is 11.9. The molecule has 4 rings (SSSR count). The molecule has 212 valence electrons. The second-order valence-corrected chi connectivity index (χ2v) is 9.67. The molecule has 0 spiro atoms. The summed E-state index contributed by atoms with van der Waals surface area (Å²) in [4.78, 5) is 26.6. The number of nitrogens with one attached hydrogen (secondary N) is 1. The minimum Gasteiger partial charge on any atom is -0.324 e. The molecule has 39 heavy (non-hydrogen) atoms. The quantitative estimate of drug-likeness (QED) is 0.313. The molecule has 0 radical (unpaired) electrons. The molecule has 1 aliphatic rings. The van der Waals surface area contributed by atoms with Gasteiger partial charge >= 0.3 is 0 Å². The smallest absolute Gasteiger partial charge is 0.298 e. The van der Waals surface area contributed by atoms with Crippen LogP contribution in [0, 0.1) is 5.82 Å². The molecule has 2 bridgehead atoms. The van der Waals surface area contributed by atoms with Crippen LogP contribution in [-0.2, 0) is 16.0 Å². The fourth-order valence-corrected chi connectivity index (χ4v) is 3.96. The first-order valence-electron chi connectivity index (χ1n) is 13.3. The number of carbonyl (C=O) groups excluding carboxylic acids is 2. The molecular weight excluding hydrogens is 541 g/mol. The van der Waals surface area contributed by atoms with Crippen LogP contribution in [0.4, 0.5) is 14.5 Å². The SMILES string of the molecule is CC(=O)F.CCCC.CCCC.CCc1cc2nc(c1)C(c1c(Cl)cccc1Cl)C(=O)Nc1cc(F)ccc1-2. The molecule has 2 aromatic carbocycles. The molecule has 4 nitrogen and oxygen atoms in total. The maximum Gasteiger partial charge on any atom is 0.298 e. The monoisotopic (exact) mass is 578 g/mol. The number of aromatic nitrogens is 1. The van der Waals surface area contributed by atoms with Crippen LogP contribution in [0.5, 0.6) is 0 Å². The Bertz CT molecular complexity index is 1200. The van der Waals surface area contributed by atoms with Crippen molar-refractivity contribution in [3.63, 3.8) is 0 Å². The standard InChI is InChI=1S/C21H15Cl2FN2O.2C4H10.C2H3FO/c1-2-11-8-16-13-7-6-12(24)10-17(13)26-21(27)20(18(9-11)25-16)19-14(22)4-3-5-15(19)23;2*1-3-4-2;1-2(3)4/h3-10,20H,2H2,1H3,(H,26,27);2*3-4H2,1-2H3;1H3. The highest BCUT2D eigenvalue weighted by molar-refractivity contribution is 6.36. The van der Waals surface area contributed by atoms with Gasteiger partial charge in [0.1, 0.15) is 11.7 Å². The third-order valence-electron chi connectivity index (χ3n) is 5.67. The highest BCUT2D eigenvalue weighted by Crippen LogP contribution is 2.40. The molecule has 0 saturated heterocycles. The van der Waals surface area contributed by atoms with Gasteiger partial charge in [0.05, 0.1) is 17.1 Å². The summed E-state index contributed by atoms with van der Waals surface area (Å²) in [5, 5.41) is 3.59. The fourth-order valence-electron chi connectivity index (χ4n) is 3.35. The molecule has 1 unspecified atom stereocenters. The van der Waals surface area contributed by atoms with Crippen molar-refractivity contribution in [2.45, 2.75) is 79.6 Å². The van der Waals surface area contributed by atoms with Crippen LogP contribution < -0.4 is 5.32 Å². The predicted octanol–water partition coefficient (Wildman–Crippen LogP) is 9.96. The topological polar surface area (TPSA) is 59.1 Å².